The predicted molar refractivity (Wildman–Crippen MR) is 185 cm³/mol. The van der Waals surface area contributed by atoms with Crippen LogP contribution >= 0.6 is 11.6 Å². The number of carbonyl (C=O) groups excluding carboxylic acids is 1. The fourth-order valence-corrected chi connectivity index (χ4v) is 5.59. The minimum absolute atomic E-state index is 0.296. The largest absolute Gasteiger partial charge is 0.492 e. The van der Waals surface area contributed by atoms with Gasteiger partial charge in [0.2, 0.25) is 5.91 Å². The van der Waals surface area contributed by atoms with E-state index in [2.05, 4.69) is 32.7 Å². The molecule has 5 rings (SSSR count). The number of likely N-dealkylation sites (N-methyl/N-ethyl adjacent to an activating group) is 1. The Labute approximate surface area is 280 Å². The predicted octanol–water partition coefficient (Wildman–Crippen LogP) is 7.13. The third-order valence-corrected chi connectivity index (χ3v) is 8.05. The Kier molecular flexibility index (Phi) is 11.3. The second-order valence-electron chi connectivity index (χ2n) is 11.5. The number of aromatic nitrogens is 2. The second kappa shape index (κ2) is 15.7. The van der Waals surface area contributed by atoms with Crippen LogP contribution in [-0.4, -0.2) is 61.2 Å². The molecule has 0 atom stereocenters. The van der Waals surface area contributed by atoms with Crippen molar-refractivity contribution < 1.29 is 19.0 Å². The first-order chi connectivity index (χ1) is 22.7. The Morgan fingerprint density at radius 1 is 1.15 bits per heavy atom. The molecule has 47 heavy (non-hydrogen) atoms. The third kappa shape index (κ3) is 8.57. The fourth-order valence-electron chi connectivity index (χ4n) is 5.36. The van der Waals surface area contributed by atoms with Gasteiger partial charge in [0.15, 0.2) is 0 Å². The molecule has 244 valence electrons. The monoisotopic (exact) mass is 654 g/mol. The maximum absolute atomic E-state index is 12.7. The fraction of sp³-hybridized carbons (Fsp3) is 0.333. The summed E-state index contributed by atoms with van der Waals surface area (Å²) in [5, 5.41) is 17.4. The molecule has 0 spiro atoms. The molecule has 0 bridgehead atoms. The Morgan fingerprint density at radius 3 is 2.64 bits per heavy atom. The normalized spacial score (nSPS) is 13.6. The summed E-state index contributed by atoms with van der Waals surface area (Å²) in [6.07, 6.45) is 7.09. The van der Waals surface area contributed by atoms with Gasteiger partial charge in [0.05, 0.1) is 39.8 Å². The molecular weight excluding hydrogens is 616 g/mol. The van der Waals surface area contributed by atoms with Gasteiger partial charge in [-0.25, -0.2) is 0 Å². The molecule has 3 heterocycles. The minimum atomic E-state index is -0.296. The van der Waals surface area contributed by atoms with Gasteiger partial charge in [0.25, 0.3) is 0 Å². The van der Waals surface area contributed by atoms with Crippen LogP contribution in [0.4, 0.5) is 17.1 Å². The average molecular weight is 655 g/mol. The summed E-state index contributed by atoms with van der Waals surface area (Å²) in [5.41, 5.74) is 5.22. The molecule has 2 N–H and O–H groups in total. The highest BCUT2D eigenvalue weighted by Gasteiger charge is 2.19. The number of pyridine rings is 2. The van der Waals surface area contributed by atoms with Gasteiger partial charge < -0.3 is 29.7 Å². The van der Waals surface area contributed by atoms with Crippen molar-refractivity contribution in [3.8, 4) is 17.6 Å². The summed E-state index contributed by atoms with van der Waals surface area (Å²) in [5.74, 6) is 1.14. The number of anilines is 3. The van der Waals surface area contributed by atoms with E-state index in [4.69, 9.17) is 25.8 Å². The van der Waals surface area contributed by atoms with Crippen molar-refractivity contribution in [2.75, 3.05) is 51.1 Å². The lowest BCUT2D eigenvalue weighted by molar-refractivity contribution is -0.111. The first-order valence-corrected chi connectivity index (χ1v) is 16.0. The van der Waals surface area contributed by atoms with E-state index in [0.29, 0.717) is 81.4 Å². The van der Waals surface area contributed by atoms with E-state index in [9.17, 15) is 10.1 Å². The highest BCUT2D eigenvalue weighted by Crippen LogP contribution is 2.38. The van der Waals surface area contributed by atoms with Gasteiger partial charge in [0, 0.05) is 66.3 Å². The summed E-state index contributed by atoms with van der Waals surface area (Å²) in [6, 6.07) is 15.3. The highest BCUT2D eigenvalue weighted by atomic mass is 35.5. The van der Waals surface area contributed by atoms with Crippen LogP contribution in [-0.2, 0) is 16.1 Å². The number of rotatable bonds is 12. The van der Waals surface area contributed by atoms with Gasteiger partial charge in [-0.05, 0) is 71.1 Å². The van der Waals surface area contributed by atoms with Gasteiger partial charge in [-0.2, -0.15) is 5.26 Å². The molecule has 11 heteroatoms. The molecule has 0 aliphatic carbocycles. The standard InChI is InChI=1S/C36H39ClN6O4/c1-5-46-34-19-31-27(18-32(34)42-35(44)7-6-14-43(3)4)36(28(20-38)23(2)40-31)41-26-9-11-33(29(37)17-26)47-22-24-8-10-30(39-21-24)25-12-15-45-16-13-25/h6-11,17-19,21,25H,5,12-16,22H2,1-4H3,(H,40,41)(H,42,44)/b7-6+. The number of hydrogen-bond donors (Lipinski definition) is 2. The van der Waals surface area contributed by atoms with Gasteiger partial charge in [-0.15, -0.1) is 0 Å². The molecule has 1 fully saturated rings. The van der Waals surface area contributed by atoms with Crippen LogP contribution in [0.25, 0.3) is 10.9 Å². The Bertz CT molecular complexity index is 1800. The number of carbonyl (C=O) groups is 1. The average Bonchev–Trinajstić information content (AvgIpc) is 3.05. The maximum Gasteiger partial charge on any atom is 0.248 e. The molecule has 2 aromatic carbocycles. The van der Waals surface area contributed by atoms with Crippen molar-refractivity contribution in [2.45, 2.75) is 39.2 Å². The van der Waals surface area contributed by atoms with Crippen molar-refractivity contribution in [2.24, 2.45) is 0 Å². The minimum Gasteiger partial charge on any atom is -0.492 e. The number of amides is 1. The van der Waals surface area contributed by atoms with Crippen LogP contribution in [0.1, 0.15) is 48.2 Å². The van der Waals surface area contributed by atoms with Crippen molar-refractivity contribution in [3.63, 3.8) is 0 Å². The SMILES string of the molecule is CCOc1cc2nc(C)c(C#N)c(Nc3ccc(OCc4ccc(C5CCOCC5)nc4)c(Cl)c3)c2cc1NC(=O)/C=C/CN(C)C. The van der Waals surface area contributed by atoms with Crippen LogP contribution in [0.5, 0.6) is 11.5 Å². The molecule has 10 nitrogen and oxygen atoms in total. The quantitative estimate of drug-likeness (QED) is 0.154. The van der Waals surface area contributed by atoms with Crippen LogP contribution in [0.3, 0.4) is 0 Å². The van der Waals surface area contributed by atoms with E-state index < -0.39 is 0 Å². The summed E-state index contributed by atoms with van der Waals surface area (Å²) in [4.78, 5) is 24.0. The topological polar surface area (TPSA) is 122 Å². The first kappa shape index (κ1) is 33.7. The Morgan fingerprint density at radius 2 is 1.96 bits per heavy atom. The first-order valence-electron chi connectivity index (χ1n) is 15.6. The molecule has 2 aromatic heterocycles. The smallest absolute Gasteiger partial charge is 0.248 e. The number of halogens is 1. The van der Waals surface area contributed by atoms with Crippen LogP contribution in [0, 0.1) is 18.3 Å². The lowest BCUT2D eigenvalue weighted by atomic mass is 9.96. The van der Waals surface area contributed by atoms with Crippen LogP contribution < -0.4 is 20.1 Å². The molecule has 1 amide bonds. The lowest BCUT2D eigenvalue weighted by Crippen LogP contribution is -2.15. The number of nitrogens with one attached hydrogen (secondary N) is 2. The van der Waals surface area contributed by atoms with Crippen LogP contribution in [0.2, 0.25) is 5.02 Å². The third-order valence-electron chi connectivity index (χ3n) is 7.76. The van der Waals surface area contributed by atoms with Gasteiger partial charge in [0.1, 0.15) is 24.2 Å². The molecule has 4 aromatic rings. The molecule has 1 aliphatic heterocycles. The second-order valence-corrected chi connectivity index (χ2v) is 12.0. The number of benzene rings is 2. The van der Waals surface area contributed by atoms with Gasteiger partial charge in [-0.3, -0.25) is 14.8 Å². The molecule has 0 saturated carbocycles. The maximum atomic E-state index is 12.7. The number of ether oxygens (including phenoxy) is 3. The lowest BCUT2D eigenvalue weighted by Gasteiger charge is -2.21. The van der Waals surface area contributed by atoms with Crippen molar-refractivity contribution >= 4 is 45.5 Å². The number of aryl methyl sites for hydroxylation is 1. The number of hydrogen-bond acceptors (Lipinski definition) is 9. The summed E-state index contributed by atoms with van der Waals surface area (Å²) in [6.45, 7) is 6.55. The summed E-state index contributed by atoms with van der Waals surface area (Å²) >= 11 is 6.67. The van der Waals surface area contributed by atoms with E-state index in [-0.39, 0.29) is 5.91 Å². The zero-order valence-corrected chi connectivity index (χ0v) is 27.9. The van der Waals surface area contributed by atoms with E-state index in [0.717, 1.165) is 37.3 Å². The molecule has 0 unspecified atom stereocenters. The van der Waals surface area contributed by atoms with E-state index in [1.165, 1.54) is 6.08 Å². The Balaban J connectivity index is 1.37. The zero-order valence-electron chi connectivity index (χ0n) is 27.1. The number of nitriles is 1. The van der Waals surface area contributed by atoms with Crippen LogP contribution in [0.15, 0.2) is 60.8 Å². The summed E-state index contributed by atoms with van der Waals surface area (Å²) < 4.78 is 17.3. The summed E-state index contributed by atoms with van der Waals surface area (Å²) in [7, 11) is 3.85. The van der Waals surface area contributed by atoms with E-state index in [1.54, 1.807) is 37.3 Å². The number of fused-ring (bicyclic) bond motifs is 1. The van der Waals surface area contributed by atoms with Gasteiger partial charge >= 0.3 is 0 Å². The Hall–Kier alpha value is -4.69. The van der Waals surface area contributed by atoms with Crippen molar-refractivity contribution in [1.29, 1.82) is 5.26 Å². The van der Waals surface area contributed by atoms with Crippen molar-refractivity contribution in [3.05, 3.63) is 88.4 Å². The zero-order chi connectivity index (χ0) is 33.3. The number of nitrogens with zero attached hydrogens (tertiary/aromatic N) is 4. The van der Waals surface area contributed by atoms with E-state index in [1.807, 2.05) is 44.2 Å². The molecular formula is C36H39ClN6O4. The van der Waals surface area contributed by atoms with E-state index >= 15 is 0 Å². The molecule has 1 saturated heterocycles. The highest BCUT2D eigenvalue weighted by molar-refractivity contribution is 6.32. The molecule has 0 radical (unpaired) electrons. The molecule has 1 aliphatic rings. The van der Waals surface area contributed by atoms with Gasteiger partial charge in [-0.1, -0.05) is 23.7 Å². The van der Waals surface area contributed by atoms with Crippen molar-refractivity contribution in [1.82, 2.24) is 14.9 Å².